The molecule has 4 N–H and O–H groups in total. The van der Waals surface area contributed by atoms with Crippen molar-refractivity contribution in [2.24, 2.45) is 5.73 Å². The molecule has 0 amide bonds. The molecule has 0 unspecified atom stereocenters. The van der Waals surface area contributed by atoms with E-state index in [9.17, 15) is 28.6 Å². The first-order valence-corrected chi connectivity index (χ1v) is 12.4. The Hall–Kier alpha value is -4.83. The van der Waals surface area contributed by atoms with E-state index >= 15 is 0 Å². The first kappa shape index (κ1) is 28.2. The van der Waals surface area contributed by atoms with E-state index in [2.05, 4.69) is 4.98 Å². The molecule has 0 bridgehead atoms. The molecule has 0 aliphatic heterocycles. The number of hydrogen-bond acceptors (Lipinski definition) is 6. The number of pyridine rings is 1. The molecule has 4 rings (SSSR count). The predicted octanol–water partition coefficient (Wildman–Crippen LogP) is 5.81. The van der Waals surface area contributed by atoms with Crippen molar-refractivity contribution in [3.8, 4) is 39.8 Å². The molecule has 0 saturated carbocycles. The highest BCUT2D eigenvalue weighted by Crippen LogP contribution is 2.35. The smallest absolute Gasteiger partial charge is 0.344 e. The SMILES string of the molecule is CC[C@@H](Oc1nc(Oc2cc(-c3cccc(CN)c3)cc(-c3cccc(CC(=O)O)c3)c2)c(F)cc1F)C(=O)O. The van der Waals surface area contributed by atoms with E-state index in [0.717, 1.165) is 11.1 Å². The molecule has 1 aromatic heterocycles. The van der Waals surface area contributed by atoms with Gasteiger partial charge in [0, 0.05) is 12.6 Å². The lowest BCUT2D eigenvalue weighted by Gasteiger charge is -2.15. The highest BCUT2D eigenvalue weighted by molar-refractivity contribution is 5.77. The molecule has 0 saturated heterocycles. The quantitative estimate of drug-likeness (QED) is 0.214. The van der Waals surface area contributed by atoms with Crippen LogP contribution in [0.3, 0.4) is 0 Å². The average Bonchev–Trinajstić information content (AvgIpc) is 2.93. The van der Waals surface area contributed by atoms with Crippen LogP contribution >= 0.6 is 0 Å². The van der Waals surface area contributed by atoms with Crippen molar-refractivity contribution < 1.29 is 38.1 Å². The zero-order chi connectivity index (χ0) is 28.8. The lowest BCUT2D eigenvalue weighted by molar-refractivity contribution is -0.145. The standard InChI is InChI=1S/C30H26F2N2O6/c1-2-26(30(37)38)40-29-25(32)15-24(31)28(34-29)39-23-13-21(19-7-3-5-17(9-19)11-27(35)36)12-22(14-23)20-8-4-6-18(10-20)16-33/h3-10,12-15,26H,2,11,16,33H2,1H3,(H,35,36)(H,37,38)/t26-/m1/s1. The van der Waals surface area contributed by atoms with Gasteiger partial charge in [-0.3, -0.25) is 4.79 Å². The van der Waals surface area contributed by atoms with E-state index in [4.69, 9.17) is 15.2 Å². The Labute approximate surface area is 228 Å². The Morgan fingerprint density at radius 1 is 0.850 bits per heavy atom. The summed E-state index contributed by atoms with van der Waals surface area (Å²) < 4.78 is 40.0. The van der Waals surface area contributed by atoms with Crippen molar-refractivity contribution in [1.82, 2.24) is 4.98 Å². The summed E-state index contributed by atoms with van der Waals surface area (Å²) in [6.07, 6.45) is -1.53. The van der Waals surface area contributed by atoms with Gasteiger partial charge in [-0.25, -0.2) is 13.6 Å². The molecule has 3 aromatic carbocycles. The van der Waals surface area contributed by atoms with Gasteiger partial charge >= 0.3 is 11.9 Å². The summed E-state index contributed by atoms with van der Waals surface area (Å²) in [7, 11) is 0. The maximum Gasteiger partial charge on any atom is 0.344 e. The molecular formula is C30H26F2N2O6. The number of halogens is 2. The molecule has 10 heteroatoms. The van der Waals surface area contributed by atoms with Crippen LogP contribution in [-0.2, 0) is 22.6 Å². The van der Waals surface area contributed by atoms with Crippen molar-refractivity contribution in [2.45, 2.75) is 32.4 Å². The molecule has 1 atom stereocenters. The maximum atomic E-state index is 14.7. The van der Waals surface area contributed by atoms with Gasteiger partial charge in [-0.1, -0.05) is 49.4 Å². The maximum absolute atomic E-state index is 14.7. The van der Waals surface area contributed by atoms with Gasteiger partial charge in [0.15, 0.2) is 17.7 Å². The topological polar surface area (TPSA) is 132 Å². The fourth-order valence-corrected chi connectivity index (χ4v) is 4.05. The van der Waals surface area contributed by atoms with Crippen molar-refractivity contribution >= 4 is 11.9 Å². The minimum Gasteiger partial charge on any atom is -0.481 e. The van der Waals surface area contributed by atoms with Gasteiger partial charge < -0.3 is 25.4 Å². The van der Waals surface area contributed by atoms with Crippen LogP contribution in [0.1, 0.15) is 24.5 Å². The summed E-state index contributed by atoms with van der Waals surface area (Å²) in [4.78, 5) is 26.4. The Kier molecular flexibility index (Phi) is 8.70. The summed E-state index contributed by atoms with van der Waals surface area (Å²) in [5, 5.41) is 18.5. The molecule has 4 aromatic rings. The van der Waals surface area contributed by atoms with Crippen LogP contribution in [0, 0.1) is 11.6 Å². The van der Waals surface area contributed by atoms with Crippen molar-refractivity contribution in [3.63, 3.8) is 0 Å². The fourth-order valence-electron chi connectivity index (χ4n) is 4.05. The number of nitrogens with zero attached hydrogens (tertiary/aromatic N) is 1. The Morgan fingerprint density at radius 3 is 2.02 bits per heavy atom. The van der Waals surface area contributed by atoms with Gasteiger partial charge in [0.1, 0.15) is 5.75 Å². The molecule has 0 spiro atoms. The van der Waals surface area contributed by atoms with Gasteiger partial charge in [0.25, 0.3) is 11.8 Å². The normalized spacial score (nSPS) is 11.6. The van der Waals surface area contributed by atoms with Gasteiger partial charge in [0.2, 0.25) is 0 Å². The number of carboxylic acids is 2. The number of carboxylic acid groups (broad SMARTS) is 2. The molecular weight excluding hydrogens is 522 g/mol. The van der Waals surface area contributed by atoms with Gasteiger partial charge in [-0.2, -0.15) is 4.98 Å². The number of hydrogen-bond donors (Lipinski definition) is 3. The second-order valence-corrected chi connectivity index (χ2v) is 8.94. The molecule has 0 aliphatic rings. The third-order valence-electron chi connectivity index (χ3n) is 6.00. The minimum absolute atomic E-state index is 0.0260. The monoisotopic (exact) mass is 548 g/mol. The van der Waals surface area contributed by atoms with Crippen LogP contribution in [0.5, 0.6) is 17.5 Å². The fraction of sp³-hybridized carbons (Fsp3) is 0.167. The van der Waals surface area contributed by atoms with Crippen molar-refractivity contribution in [3.05, 3.63) is 95.6 Å². The third-order valence-corrected chi connectivity index (χ3v) is 6.00. The number of benzene rings is 3. The lowest BCUT2D eigenvalue weighted by atomic mass is 9.96. The second kappa shape index (κ2) is 12.4. The van der Waals surface area contributed by atoms with E-state index < -0.39 is 41.4 Å². The van der Waals surface area contributed by atoms with E-state index in [1.54, 1.807) is 36.4 Å². The third kappa shape index (κ3) is 6.78. The van der Waals surface area contributed by atoms with Crippen LogP contribution in [0.2, 0.25) is 0 Å². The van der Waals surface area contributed by atoms with E-state index in [-0.39, 0.29) is 18.6 Å². The Morgan fingerprint density at radius 2 is 1.45 bits per heavy atom. The second-order valence-electron chi connectivity index (χ2n) is 8.94. The zero-order valence-corrected chi connectivity index (χ0v) is 21.4. The van der Waals surface area contributed by atoms with Crippen LogP contribution in [-0.4, -0.2) is 33.2 Å². The van der Waals surface area contributed by atoms with Gasteiger partial charge in [-0.15, -0.1) is 0 Å². The molecule has 0 radical (unpaired) electrons. The molecule has 1 heterocycles. The zero-order valence-electron chi connectivity index (χ0n) is 21.4. The number of ether oxygens (including phenoxy) is 2. The van der Waals surface area contributed by atoms with E-state index in [0.29, 0.717) is 34.9 Å². The van der Waals surface area contributed by atoms with E-state index in [1.165, 1.54) is 6.92 Å². The number of nitrogens with two attached hydrogens (primary N) is 1. The molecule has 0 aliphatic carbocycles. The highest BCUT2D eigenvalue weighted by atomic mass is 19.1. The summed E-state index contributed by atoms with van der Waals surface area (Å²) in [5.41, 5.74) is 10.1. The first-order valence-electron chi connectivity index (χ1n) is 12.4. The number of rotatable bonds is 11. The predicted molar refractivity (Wildman–Crippen MR) is 143 cm³/mol. The molecule has 8 nitrogen and oxygen atoms in total. The summed E-state index contributed by atoms with van der Waals surface area (Å²) in [6.45, 7) is 1.85. The molecule has 206 valence electrons. The van der Waals surface area contributed by atoms with Gasteiger partial charge in [-0.05, 0) is 64.1 Å². The highest BCUT2D eigenvalue weighted by Gasteiger charge is 2.23. The Bertz CT molecular complexity index is 1560. The van der Waals surface area contributed by atoms with Gasteiger partial charge in [0.05, 0.1) is 6.42 Å². The Balaban J connectivity index is 1.80. The summed E-state index contributed by atoms with van der Waals surface area (Å²) in [6, 6.07) is 20.0. The molecule has 40 heavy (non-hydrogen) atoms. The lowest BCUT2D eigenvalue weighted by Crippen LogP contribution is -2.26. The average molecular weight is 549 g/mol. The molecule has 0 fully saturated rings. The van der Waals surface area contributed by atoms with Crippen LogP contribution in [0.25, 0.3) is 22.3 Å². The number of carbonyl (C=O) groups is 2. The first-order chi connectivity index (χ1) is 19.2. The van der Waals surface area contributed by atoms with Crippen LogP contribution in [0.4, 0.5) is 8.78 Å². The van der Waals surface area contributed by atoms with Crippen LogP contribution < -0.4 is 15.2 Å². The number of aromatic nitrogens is 1. The minimum atomic E-state index is -1.39. The summed E-state index contributed by atoms with van der Waals surface area (Å²) in [5.74, 6) is -5.77. The number of aliphatic carboxylic acids is 2. The van der Waals surface area contributed by atoms with E-state index in [1.807, 2.05) is 30.3 Å². The largest absolute Gasteiger partial charge is 0.481 e. The summed E-state index contributed by atoms with van der Waals surface area (Å²) >= 11 is 0. The van der Waals surface area contributed by atoms with Crippen molar-refractivity contribution in [2.75, 3.05) is 0 Å². The van der Waals surface area contributed by atoms with Crippen LogP contribution in [0.15, 0.2) is 72.8 Å². The van der Waals surface area contributed by atoms with Crippen molar-refractivity contribution in [1.29, 1.82) is 0 Å².